The Balaban J connectivity index is 1.79. The van der Waals surface area contributed by atoms with E-state index in [1.165, 1.54) is 0 Å². The van der Waals surface area contributed by atoms with Crippen molar-refractivity contribution in [2.75, 3.05) is 13.7 Å². The number of nitrogens with zero attached hydrogens (tertiary/aromatic N) is 1. The smallest absolute Gasteiger partial charge is 0.171 e. The highest BCUT2D eigenvalue weighted by molar-refractivity contribution is 6.30. The number of rotatable bonds is 5. The fourth-order valence-corrected chi connectivity index (χ4v) is 2.58. The Kier molecular flexibility index (Phi) is 4.63. The molecule has 1 aliphatic rings. The van der Waals surface area contributed by atoms with Crippen molar-refractivity contribution >= 4 is 17.4 Å². The van der Waals surface area contributed by atoms with Crippen LogP contribution in [-0.2, 0) is 4.79 Å². The molecule has 0 spiro atoms. The fraction of sp³-hybridized carbons (Fsp3) is 0.222. The molecule has 0 fully saturated rings. The molecule has 3 rings (SSSR count). The lowest BCUT2D eigenvalue weighted by Gasteiger charge is -2.10. The van der Waals surface area contributed by atoms with E-state index in [0.29, 0.717) is 17.7 Å². The number of hydrogen-bond donors (Lipinski definition) is 0. The summed E-state index contributed by atoms with van der Waals surface area (Å²) in [6.07, 6.45) is 4.96. The maximum absolute atomic E-state index is 11.6. The lowest BCUT2D eigenvalue weighted by Crippen LogP contribution is -2.07. The lowest BCUT2D eigenvalue weighted by atomic mass is 10.1. The Morgan fingerprint density at radius 3 is 2.65 bits per heavy atom. The van der Waals surface area contributed by atoms with Gasteiger partial charge in [-0.15, -0.1) is 0 Å². The molecule has 0 aliphatic heterocycles. The van der Waals surface area contributed by atoms with Crippen LogP contribution in [0.4, 0.5) is 0 Å². The van der Waals surface area contributed by atoms with Crippen LogP contribution < -0.4 is 9.47 Å². The molecule has 0 unspecified atom stereocenters. The first-order valence-electron chi connectivity index (χ1n) is 7.32. The Hall–Kier alpha value is -2.33. The van der Waals surface area contributed by atoms with E-state index in [2.05, 4.69) is 4.98 Å². The van der Waals surface area contributed by atoms with Gasteiger partial charge in [0.25, 0.3) is 0 Å². The van der Waals surface area contributed by atoms with Gasteiger partial charge >= 0.3 is 0 Å². The molecule has 2 aromatic rings. The zero-order chi connectivity index (χ0) is 16.2. The molecular weight excluding hydrogens is 314 g/mol. The molecule has 23 heavy (non-hydrogen) atoms. The highest BCUT2D eigenvalue weighted by Gasteiger charge is 2.16. The van der Waals surface area contributed by atoms with E-state index in [9.17, 15) is 4.79 Å². The first kappa shape index (κ1) is 15.6. The number of pyridine rings is 1. The van der Waals surface area contributed by atoms with Crippen molar-refractivity contribution in [2.45, 2.75) is 12.8 Å². The van der Waals surface area contributed by atoms with Crippen LogP contribution in [0.3, 0.4) is 0 Å². The summed E-state index contributed by atoms with van der Waals surface area (Å²) in [5.41, 5.74) is 2.57. The minimum Gasteiger partial charge on any atom is -0.497 e. The van der Waals surface area contributed by atoms with Crippen molar-refractivity contribution in [3.8, 4) is 22.6 Å². The molecule has 0 saturated carbocycles. The topological polar surface area (TPSA) is 48.4 Å². The summed E-state index contributed by atoms with van der Waals surface area (Å²) in [5, 5.41) is 0.285. The van der Waals surface area contributed by atoms with Crippen LogP contribution in [0.25, 0.3) is 11.1 Å². The van der Waals surface area contributed by atoms with Gasteiger partial charge in [0, 0.05) is 23.8 Å². The van der Waals surface area contributed by atoms with E-state index in [1.54, 1.807) is 13.3 Å². The highest BCUT2D eigenvalue weighted by Crippen LogP contribution is 2.30. The number of aromatic nitrogens is 1. The molecule has 0 radical (unpaired) electrons. The van der Waals surface area contributed by atoms with E-state index in [1.807, 2.05) is 36.4 Å². The van der Waals surface area contributed by atoms with Gasteiger partial charge in [-0.2, -0.15) is 0 Å². The van der Waals surface area contributed by atoms with Crippen molar-refractivity contribution in [1.82, 2.24) is 4.98 Å². The largest absolute Gasteiger partial charge is 0.497 e. The number of carbonyl (C=O) groups is 1. The van der Waals surface area contributed by atoms with Crippen LogP contribution in [0.2, 0.25) is 5.15 Å². The molecule has 0 N–H and O–H groups in total. The molecule has 1 aromatic heterocycles. The average molecular weight is 330 g/mol. The predicted octanol–water partition coefficient (Wildman–Crippen LogP) is 4.08. The van der Waals surface area contributed by atoms with Gasteiger partial charge in [0.15, 0.2) is 16.7 Å². The summed E-state index contributed by atoms with van der Waals surface area (Å²) < 4.78 is 10.8. The van der Waals surface area contributed by atoms with Crippen LogP contribution in [0, 0.1) is 0 Å². The SMILES string of the molecule is COc1ccc(-c2cnc(Cl)c(OCC3=CCCC3=O)c2)cc1. The molecular formula is C18H16ClNO3. The summed E-state index contributed by atoms with van der Waals surface area (Å²) in [4.78, 5) is 15.8. The average Bonchev–Trinajstić information content (AvgIpc) is 2.99. The van der Waals surface area contributed by atoms with Crippen LogP contribution in [0.15, 0.2) is 48.2 Å². The van der Waals surface area contributed by atoms with Crippen LogP contribution >= 0.6 is 11.6 Å². The maximum Gasteiger partial charge on any atom is 0.171 e. The lowest BCUT2D eigenvalue weighted by molar-refractivity contribution is -0.115. The molecule has 118 valence electrons. The van der Waals surface area contributed by atoms with Gasteiger partial charge in [-0.1, -0.05) is 29.8 Å². The van der Waals surface area contributed by atoms with E-state index in [4.69, 9.17) is 21.1 Å². The number of Topliss-reactive ketones (excluding diaryl/α,β-unsaturated/α-hetero) is 1. The van der Waals surface area contributed by atoms with Gasteiger partial charge in [0.2, 0.25) is 0 Å². The fourth-order valence-electron chi connectivity index (χ4n) is 2.42. The number of methoxy groups -OCH3 is 1. The van der Waals surface area contributed by atoms with Gasteiger partial charge in [-0.3, -0.25) is 4.79 Å². The molecule has 1 heterocycles. The van der Waals surface area contributed by atoms with E-state index in [0.717, 1.165) is 23.3 Å². The minimum atomic E-state index is 0.139. The zero-order valence-electron chi connectivity index (χ0n) is 12.7. The second-order valence-corrected chi connectivity index (χ2v) is 5.58. The molecule has 5 heteroatoms. The van der Waals surface area contributed by atoms with Crippen molar-refractivity contribution in [3.63, 3.8) is 0 Å². The normalized spacial score (nSPS) is 13.8. The summed E-state index contributed by atoms with van der Waals surface area (Å²) >= 11 is 6.09. The summed E-state index contributed by atoms with van der Waals surface area (Å²) in [5.74, 6) is 1.40. The molecule has 1 aliphatic carbocycles. The third-order valence-electron chi connectivity index (χ3n) is 3.73. The van der Waals surface area contributed by atoms with Crippen molar-refractivity contribution < 1.29 is 14.3 Å². The van der Waals surface area contributed by atoms with Crippen LogP contribution in [-0.4, -0.2) is 24.5 Å². The third kappa shape index (κ3) is 3.54. The quantitative estimate of drug-likeness (QED) is 0.775. The Morgan fingerprint density at radius 1 is 1.22 bits per heavy atom. The Bertz CT molecular complexity index is 753. The maximum atomic E-state index is 11.6. The van der Waals surface area contributed by atoms with Crippen molar-refractivity contribution in [2.24, 2.45) is 0 Å². The van der Waals surface area contributed by atoms with Gasteiger partial charge in [0.05, 0.1) is 7.11 Å². The first-order valence-corrected chi connectivity index (χ1v) is 7.70. The van der Waals surface area contributed by atoms with Crippen LogP contribution in [0.5, 0.6) is 11.5 Å². The number of halogens is 1. The molecule has 0 bridgehead atoms. The van der Waals surface area contributed by atoms with Gasteiger partial charge in [0.1, 0.15) is 12.4 Å². The number of benzene rings is 1. The summed E-state index contributed by atoms with van der Waals surface area (Å²) in [6, 6.07) is 9.48. The second kappa shape index (κ2) is 6.84. The van der Waals surface area contributed by atoms with Gasteiger partial charge in [-0.05, 0) is 30.2 Å². The predicted molar refractivity (Wildman–Crippen MR) is 89.1 cm³/mol. The molecule has 0 atom stereocenters. The number of ether oxygens (including phenoxy) is 2. The van der Waals surface area contributed by atoms with Crippen molar-refractivity contribution in [3.05, 3.63) is 53.3 Å². The van der Waals surface area contributed by atoms with E-state index in [-0.39, 0.29) is 17.5 Å². The Labute approximate surface area is 139 Å². The Morgan fingerprint density at radius 2 is 2.00 bits per heavy atom. The molecule has 1 aromatic carbocycles. The van der Waals surface area contributed by atoms with Gasteiger partial charge in [-0.25, -0.2) is 4.98 Å². The minimum absolute atomic E-state index is 0.139. The number of ketones is 1. The standard InChI is InChI=1S/C18H16ClNO3/c1-22-15-7-5-12(6-8-15)14-9-17(18(19)20-10-14)23-11-13-3-2-4-16(13)21/h3,5-10H,2,4,11H2,1H3. The van der Waals surface area contributed by atoms with E-state index < -0.39 is 0 Å². The number of allylic oxidation sites excluding steroid dienone is 1. The number of carbonyl (C=O) groups excluding carboxylic acids is 1. The van der Waals surface area contributed by atoms with E-state index >= 15 is 0 Å². The van der Waals surface area contributed by atoms with Gasteiger partial charge < -0.3 is 9.47 Å². The first-order chi connectivity index (χ1) is 11.2. The molecule has 0 amide bonds. The monoisotopic (exact) mass is 329 g/mol. The summed E-state index contributed by atoms with van der Waals surface area (Å²) in [6.45, 7) is 0.228. The van der Waals surface area contributed by atoms with Crippen LogP contribution in [0.1, 0.15) is 12.8 Å². The zero-order valence-corrected chi connectivity index (χ0v) is 13.5. The highest BCUT2D eigenvalue weighted by atomic mass is 35.5. The number of hydrogen-bond acceptors (Lipinski definition) is 4. The summed E-state index contributed by atoms with van der Waals surface area (Å²) in [7, 11) is 1.63. The van der Waals surface area contributed by atoms with Crippen molar-refractivity contribution in [1.29, 1.82) is 0 Å². The molecule has 4 nitrogen and oxygen atoms in total. The second-order valence-electron chi connectivity index (χ2n) is 5.22. The molecule has 0 saturated heterocycles. The third-order valence-corrected chi connectivity index (χ3v) is 4.02.